The van der Waals surface area contributed by atoms with E-state index in [4.69, 9.17) is 11.5 Å². The summed E-state index contributed by atoms with van der Waals surface area (Å²) >= 11 is 0. The fourth-order valence-corrected chi connectivity index (χ4v) is 2.00. The van der Waals surface area contributed by atoms with Gasteiger partial charge in [-0.1, -0.05) is 26.7 Å². The first-order valence-electron chi connectivity index (χ1n) is 6.05. The van der Waals surface area contributed by atoms with Crippen molar-refractivity contribution < 1.29 is 9.59 Å². The molecule has 0 heterocycles. The highest BCUT2D eigenvalue weighted by Crippen LogP contribution is 2.21. The highest BCUT2D eigenvalue weighted by Gasteiger charge is 2.18. The number of hydrogen-bond acceptors (Lipinski definition) is 2. The molecule has 0 aromatic heterocycles. The summed E-state index contributed by atoms with van der Waals surface area (Å²) in [4.78, 5) is 21.8. The smallest absolute Gasteiger partial charge is 0.220 e. The van der Waals surface area contributed by atoms with Crippen LogP contribution in [0.3, 0.4) is 0 Å². The van der Waals surface area contributed by atoms with Crippen molar-refractivity contribution in [3.8, 4) is 0 Å². The standard InChI is InChI=1S/C12H24N2O2/c1-3-5-9(2)8-10(12(14)16)6-4-7-11(13)15/h9-10H,3-8H2,1-2H3,(H2,13,15)(H2,14,16). The third-order valence-electron chi connectivity index (χ3n) is 2.85. The Balaban J connectivity index is 3.97. The molecular weight excluding hydrogens is 204 g/mol. The molecule has 0 aromatic rings. The van der Waals surface area contributed by atoms with E-state index in [0.717, 1.165) is 19.3 Å². The van der Waals surface area contributed by atoms with Crippen LogP contribution in [-0.2, 0) is 9.59 Å². The van der Waals surface area contributed by atoms with Crippen molar-refractivity contribution >= 4 is 11.8 Å². The van der Waals surface area contributed by atoms with E-state index < -0.39 is 0 Å². The molecule has 0 aliphatic heterocycles. The van der Waals surface area contributed by atoms with Crippen molar-refractivity contribution in [1.29, 1.82) is 0 Å². The third kappa shape index (κ3) is 7.26. The van der Waals surface area contributed by atoms with Gasteiger partial charge in [0.1, 0.15) is 0 Å². The SMILES string of the molecule is CCCC(C)CC(CCCC(N)=O)C(N)=O. The number of amides is 2. The Bertz CT molecular complexity index is 229. The zero-order valence-corrected chi connectivity index (χ0v) is 10.4. The molecule has 0 saturated heterocycles. The second-order valence-corrected chi connectivity index (χ2v) is 4.59. The number of primary amides is 2. The highest BCUT2D eigenvalue weighted by molar-refractivity contribution is 5.77. The summed E-state index contributed by atoms with van der Waals surface area (Å²) in [5, 5.41) is 0. The van der Waals surface area contributed by atoms with Gasteiger partial charge in [0.05, 0.1) is 0 Å². The maximum absolute atomic E-state index is 11.2. The minimum absolute atomic E-state index is 0.110. The predicted molar refractivity (Wildman–Crippen MR) is 64.4 cm³/mol. The Morgan fingerprint density at radius 1 is 1.19 bits per heavy atom. The van der Waals surface area contributed by atoms with E-state index in [2.05, 4.69) is 13.8 Å². The van der Waals surface area contributed by atoms with E-state index in [0.29, 0.717) is 25.2 Å². The molecule has 0 aliphatic carbocycles. The fraction of sp³-hybridized carbons (Fsp3) is 0.833. The molecule has 4 nitrogen and oxygen atoms in total. The number of carbonyl (C=O) groups excluding carboxylic acids is 2. The average Bonchev–Trinajstić information content (AvgIpc) is 2.15. The molecule has 2 amide bonds. The van der Waals surface area contributed by atoms with Gasteiger partial charge in [-0.2, -0.15) is 0 Å². The van der Waals surface area contributed by atoms with Gasteiger partial charge in [0, 0.05) is 12.3 Å². The second-order valence-electron chi connectivity index (χ2n) is 4.59. The van der Waals surface area contributed by atoms with Crippen LogP contribution >= 0.6 is 0 Å². The maximum Gasteiger partial charge on any atom is 0.220 e. The summed E-state index contributed by atoms with van der Waals surface area (Å²) in [5.41, 5.74) is 10.4. The predicted octanol–water partition coefficient (Wildman–Crippen LogP) is 1.57. The maximum atomic E-state index is 11.2. The summed E-state index contributed by atoms with van der Waals surface area (Å²) in [7, 11) is 0. The Hall–Kier alpha value is -1.06. The molecule has 0 bridgehead atoms. The third-order valence-corrected chi connectivity index (χ3v) is 2.85. The summed E-state index contributed by atoms with van der Waals surface area (Å²) < 4.78 is 0. The van der Waals surface area contributed by atoms with Gasteiger partial charge in [-0.15, -0.1) is 0 Å². The Kier molecular flexibility index (Phi) is 7.60. The molecule has 2 unspecified atom stereocenters. The van der Waals surface area contributed by atoms with Gasteiger partial charge in [0.25, 0.3) is 0 Å². The van der Waals surface area contributed by atoms with Crippen LogP contribution in [0.15, 0.2) is 0 Å². The van der Waals surface area contributed by atoms with Gasteiger partial charge < -0.3 is 11.5 Å². The average molecular weight is 228 g/mol. The van der Waals surface area contributed by atoms with Crippen LogP contribution in [-0.4, -0.2) is 11.8 Å². The van der Waals surface area contributed by atoms with Crippen molar-refractivity contribution in [3.05, 3.63) is 0 Å². The van der Waals surface area contributed by atoms with E-state index >= 15 is 0 Å². The van der Waals surface area contributed by atoms with Crippen molar-refractivity contribution in [2.24, 2.45) is 23.3 Å². The minimum atomic E-state index is -0.315. The molecule has 0 rings (SSSR count). The lowest BCUT2D eigenvalue weighted by molar-refractivity contribution is -0.123. The van der Waals surface area contributed by atoms with Crippen molar-refractivity contribution in [1.82, 2.24) is 0 Å². The topological polar surface area (TPSA) is 86.2 Å². The van der Waals surface area contributed by atoms with Crippen LogP contribution < -0.4 is 11.5 Å². The molecule has 2 atom stereocenters. The molecule has 4 N–H and O–H groups in total. The van der Waals surface area contributed by atoms with Gasteiger partial charge in [-0.05, 0) is 25.2 Å². The number of rotatable bonds is 9. The molecule has 0 saturated carbocycles. The van der Waals surface area contributed by atoms with Gasteiger partial charge in [-0.3, -0.25) is 9.59 Å². The summed E-state index contributed by atoms with van der Waals surface area (Å²) in [6, 6.07) is 0. The highest BCUT2D eigenvalue weighted by atomic mass is 16.1. The monoisotopic (exact) mass is 228 g/mol. The Morgan fingerprint density at radius 2 is 1.81 bits per heavy atom. The summed E-state index contributed by atoms with van der Waals surface area (Å²) in [6.45, 7) is 4.26. The second kappa shape index (κ2) is 8.13. The first-order chi connectivity index (χ1) is 7.47. The molecule has 0 spiro atoms. The summed E-state index contributed by atoms with van der Waals surface area (Å²) in [5.74, 6) is -0.172. The lowest BCUT2D eigenvalue weighted by Crippen LogP contribution is -2.25. The summed E-state index contributed by atoms with van der Waals surface area (Å²) in [6.07, 6.45) is 4.72. The first kappa shape index (κ1) is 14.9. The largest absolute Gasteiger partial charge is 0.370 e. The van der Waals surface area contributed by atoms with Crippen molar-refractivity contribution in [3.63, 3.8) is 0 Å². The Morgan fingerprint density at radius 3 is 2.25 bits per heavy atom. The normalized spacial score (nSPS) is 14.4. The molecule has 0 fully saturated rings. The van der Waals surface area contributed by atoms with E-state index in [1.165, 1.54) is 0 Å². The minimum Gasteiger partial charge on any atom is -0.370 e. The van der Waals surface area contributed by atoms with E-state index in [-0.39, 0.29) is 17.7 Å². The molecule has 0 aliphatic rings. The van der Waals surface area contributed by atoms with Crippen LogP contribution in [0, 0.1) is 11.8 Å². The first-order valence-corrected chi connectivity index (χ1v) is 6.05. The molecule has 16 heavy (non-hydrogen) atoms. The molecule has 0 radical (unpaired) electrons. The zero-order valence-electron chi connectivity index (χ0n) is 10.4. The molecule has 94 valence electrons. The number of carbonyl (C=O) groups is 2. The van der Waals surface area contributed by atoms with Gasteiger partial charge in [0.15, 0.2) is 0 Å². The van der Waals surface area contributed by atoms with E-state index in [1.54, 1.807) is 0 Å². The quantitative estimate of drug-likeness (QED) is 0.627. The van der Waals surface area contributed by atoms with Gasteiger partial charge in [-0.25, -0.2) is 0 Å². The van der Waals surface area contributed by atoms with Crippen LogP contribution in [0.5, 0.6) is 0 Å². The van der Waals surface area contributed by atoms with Crippen LogP contribution in [0.2, 0.25) is 0 Å². The lowest BCUT2D eigenvalue weighted by atomic mass is 9.88. The van der Waals surface area contributed by atoms with Crippen molar-refractivity contribution in [2.75, 3.05) is 0 Å². The fourth-order valence-electron chi connectivity index (χ4n) is 2.00. The van der Waals surface area contributed by atoms with Crippen LogP contribution in [0.25, 0.3) is 0 Å². The molecule has 0 aromatic carbocycles. The zero-order chi connectivity index (χ0) is 12.6. The lowest BCUT2D eigenvalue weighted by Gasteiger charge is -2.17. The Labute approximate surface area is 97.8 Å². The number of nitrogens with two attached hydrogens (primary N) is 2. The van der Waals surface area contributed by atoms with E-state index in [1.807, 2.05) is 0 Å². The molecule has 4 heteroatoms. The van der Waals surface area contributed by atoms with E-state index in [9.17, 15) is 9.59 Å². The molecular formula is C12H24N2O2. The van der Waals surface area contributed by atoms with Crippen LogP contribution in [0.1, 0.15) is 52.4 Å². The number of hydrogen-bond donors (Lipinski definition) is 2. The van der Waals surface area contributed by atoms with Crippen molar-refractivity contribution in [2.45, 2.75) is 52.4 Å². The van der Waals surface area contributed by atoms with Gasteiger partial charge in [0.2, 0.25) is 11.8 Å². The van der Waals surface area contributed by atoms with Gasteiger partial charge >= 0.3 is 0 Å². The van der Waals surface area contributed by atoms with Crippen LogP contribution in [0.4, 0.5) is 0 Å².